The molecule has 0 unspecified atom stereocenters. The van der Waals surface area contributed by atoms with Gasteiger partial charge >= 0.3 is 0 Å². The van der Waals surface area contributed by atoms with Gasteiger partial charge in [-0.2, -0.15) is 10.2 Å². The van der Waals surface area contributed by atoms with E-state index < -0.39 is 0 Å². The van der Waals surface area contributed by atoms with Crippen LogP contribution >= 0.6 is 0 Å². The predicted molar refractivity (Wildman–Crippen MR) is 90.7 cm³/mol. The Morgan fingerprint density at radius 1 is 1.42 bits per heavy atom. The number of amides is 1. The zero-order valence-electron chi connectivity index (χ0n) is 14.4. The molecule has 1 fully saturated rings. The highest BCUT2D eigenvalue weighted by atomic mass is 16.3. The van der Waals surface area contributed by atoms with Crippen molar-refractivity contribution in [2.45, 2.75) is 64.1 Å². The molecule has 0 saturated heterocycles. The molecular formula is C17H25N5O2. The molecule has 2 heterocycles. The van der Waals surface area contributed by atoms with Gasteiger partial charge in [0.05, 0.1) is 17.3 Å². The summed E-state index contributed by atoms with van der Waals surface area (Å²) in [4.78, 5) is 12.3. The van der Waals surface area contributed by atoms with Gasteiger partial charge in [0.25, 0.3) is 0 Å². The van der Waals surface area contributed by atoms with Crippen LogP contribution in [0.1, 0.15) is 51.6 Å². The van der Waals surface area contributed by atoms with Crippen molar-refractivity contribution in [1.82, 2.24) is 19.6 Å². The Kier molecular flexibility index (Phi) is 4.45. The van der Waals surface area contributed by atoms with Crippen LogP contribution in [0.25, 0.3) is 0 Å². The number of aryl methyl sites for hydroxylation is 1. The average Bonchev–Trinajstić information content (AvgIpc) is 3.10. The van der Waals surface area contributed by atoms with Gasteiger partial charge < -0.3 is 10.4 Å². The molecule has 1 saturated carbocycles. The lowest BCUT2D eigenvalue weighted by Gasteiger charge is -2.30. The molecule has 1 aliphatic carbocycles. The standard InChI is InChI=1S/C17H25N5O2/c1-17(2,3)22-15(11-14(20-22)12-9-13(23)10-12)19-16(24)5-8-21-7-4-6-18-21/h4,6-7,11-13,23H,5,8-10H2,1-3H3,(H,19,24). The number of aliphatic hydroxyl groups excluding tert-OH is 1. The van der Waals surface area contributed by atoms with Gasteiger partial charge in [-0.3, -0.25) is 9.48 Å². The van der Waals surface area contributed by atoms with Crippen LogP contribution in [-0.4, -0.2) is 36.7 Å². The van der Waals surface area contributed by atoms with E-state index in [0.717, 1.165) is 18.5 Å². The molecule has 2 aromatic rings. The van der Waals surface area contributed by atoms with Gasteiger partial charge in [-0.25, -0.2) is 4.68 Å². The van der Waals surface area contributed by atoms with Gasteiger partial charge in [0.2, 0.25) is 5.91 Å². The van der Waals surface area contributed by atoms with Crippen LogP contribution in [0.3, 0.4) is 0 Å². The minimum Gasteiger partial charge on any atom is -0.393 e. The van der Waals surface area contributed by atoms with Gasteiger partial charge in [0.1, 0.15) is 5.82 Å². The third-order valence-corrected chi connectivity index (χ3v) is 4.29. The fourth-order valence-electron chi connectivity index (χ4n) is 2.88. The molecule has 24 heavy (non-hydrogen) atoms. The topological polar surface area (TPSA) is 85.0 Å². The molecular weight excluding hydrogens is 306 g/mol. The van der Waals surface area contributed by atoms with Crippen LogP contribution in [0.4, 0.5) is 5.82 Å². The summed E-state index contributed by atoms with van der Waals surface area (Å²) < 4.78 is 3.60. The van der Waals surface area contributed by atoms with Crippen molar-refractivity contribution in [2.75, 3.05) is 5.32 Å². The number of hydrogen-bond acceptors (Lipinski definition) is 4. The van der Waals surface area contributed by atoms with E-state index in [4.69, 9.17) is 0 Å². The molecule has 1 amide bonds. The number of carbonyl (C=O) groups is 1. The number of aromatic nitrogens is 4. The number of hydrogen-bond donors (Lipinski definition) is 2. The first-order valence-electron chi connectivity index (χ1n) is 8.39. The summed E-state index contributed by atoms with van der Waals surface area (Å²) in [5.41, 5.74) is 0.711. The minimum absolute atomic E-state index is 0.0592. The van der Waals surface area contributed by atoms with Gasteiger partial charge in [-0.15, -0.1) is 0 Å². The molecule has 7 nitrogen and oxygen atoms in total. The molecule has 0 aromatic carbocycles. The second-order valence-corrected chi connectivity index (χ2v) is 7.43. The second-order valence-electron chi connectivity index (χ2n) is 7.43. The number of nitrogens with one attached hydrogen (secondary N) is 1. The molecule has 0 radical (unpaired) electrons. The van der Waals surface area contributed by atoms with Crippen LogP contribution in [0.2, 0.25) is 0 Å². The molecule has 2 N–H and O–H groups in total. The first-order chi connectivity index (χ1) is 11.3. The van der Waals surface area contributed by atoms with Gasteiger partial charge in [-0.05, 0) is 39.7 Å². The summed E-state index contributed by atoms with van der Waals surface area (Å²) in [5, 5.41) is 21.3. The largest absolute Gasteiger partial charge is 0.393 e. The zero-order chi connectivity index (χ0) is 17.3. The van der Waals surface area contributed by atoms with E-state index in [1.165, 1.54) is 0 Å². The zero-order valence-corrected chi connectivity index (χ0v) is 14.4. The summed E-state index contributed by atoms with van der Waals surface area (Å²) in [7, 11) is 0. The number of aliphatic hydroxyl groups is 1. The van der Waals surface area contributed by atoms with Crippen molar-refractivity contribution in [1.29, 1.82) is 0 Å². The maximum absolute atomic E-state index is 12.3. The Morgan fingerprint density at radius 2 is 2.17 bits per heavy atom. The van der Waals surface area contributed by atoms with Crippen LogP contribution in [0.15, 0.2) is 24.5 Å². The lowest BCUT2D eigenvalue weighted by atomic mass is 9.80. The van der Waals surface area contributed by atoms with E-state index in [1.807, 2.05) is 23.0 Å². The van der Waals surface area contributed by atoms with Crippen molar-refractivity contribution in [2.24, 2.45) is 0 Å². The highest BCUT2D eigenvalue weighted by molar-refractivity contribution is 5.89. The number of anilines is 1. The second kappa shape index (κ2) is 6.39. The Balaban J connectivity index is 1.69. The number of carbonyl (C=O) groups excluding carboxylic acids is 1. The van der Waals surface area contributed by atoms with E-state index in [2.05, 4.69) is 36.3 Å². The third-order valence-electron chi connectivity index (χ3n) is 4.29. The summed E-state index contributed by atoms with van der Waals surface area (Å²) in [6.07, 6.45) is 5.16. The van der Waals surface area contributed by atoms with E-state index in [-0.39, 0.29) is 23.5 Å². The van der Waals surface area contributed by atoms with Crippen molar-refractivity contribution in [3.05, 3.63) is 30.2 Å². The first-order valence-corrected chi connectivity index (χ1v) is 8.39. The Morgan fingerprint density at radius 3 is 2.75 bits per heavy atom. The smallest absolute Gasteiger partial charge is 0.227 e. The number of rotatable bonds is 5. The summed E-state index contributed by atoms with van der Waals surface area (Å²) >= 11 is 0. The summed E-state index contributed by atoms with van der Waals surface area (Å²) in [6, 6.07) is 3.78. The Bertz CT molecular complexity index is 693. The summed E-state index contributed by atoms with van der Waals surface area (Å²) in [6.45, 7) is 6.71. The Labute approximate surface area is 141 Å². The van der Waals surface area contributed by atoms with Gasteiger partial charge in [0.15, 0.2) is 0 Å². The minimum atomic E-state index is -0.231. The molecule has 1 aliphatic rings. The highest BCUT2D eigenvalue weighted by Gasteiger charge is 2.32. The molecule has 130 valence electrons. The monoisotopic (exact) mass is 331 g/mol. The molecule has 0 spiro atoms. The molecule has 7 heteroatoms. The van der Waals surface area contributed by atoms with E-state index in [9.17, 15) is 9.90 Å². The van der Waals surface area contributed by atoms with Crippen LogP contribution in [-0.2, 0) is 16.9 Å². The van der Waals surface area contributed by atoms with E-state index in [1.54, 1.807) is 10.9 Å². The third kappa shape index (κ3) is 3.67. The van der Waals surface area contributed by atoms with E-state index in [0.29, 0.717) is 18.8 Å². The van der Waals surface area contributed by atoms with Crippen LogP contribution < -0.4 is 5.32 Å². The normalized spacial score (nSPS) is 20.7. The summed E-state index contributed by atoms with van der Waals surface area (Å²) in [5.74, 6) is 0.934. The first kappa shape index (κ1) is 16.7. The van der Waals surface area contributed by atoms with Gasteiger partial charge in [-0.1, -0.05) is 0 Å². The molecule has 0 aliphatic heterocycles. The predicted octanol–water partition coefficient (Wildman–Crippen LogP) is 2.10. The maximum atomic E-state index is 12.3. The maximum Gasteiger partial charge on any atom is 0.227 e. The average molecular weight is 331 g/mol. The van der Waals surface area contributed by atoms with Crippen molar-refractivity contribution in [3.63, 3.8) is 0 Å². The van der Waals surface area contributed by atoms with Crippen molar-refractivity contribution in [3.8, 4) is 0 Å². The molecule has 2 aromatic heterocycles. The molecule has 0 bridgehead atoms. The SMILES string of the molecule is CC(C)(C)n1nc(C2CC(O)C2)cc1NC(=O)CCn1cccn1. The van der Waals surface area contributed by atoms with Crippen LogP contribution in [0.5, 0.6) is 0 Å². The molecule has 3 rings (SSSR count). The highest BCUT2D eigenvalue weighted by Crippen LogP contribution is 2.37. The Hall–Kier alpha value is -2.15. The lowest BCUT2D eigenvalue weighted by Crippen LogP contribution is -2.29. The van der Waals surface area contributed by atoms with Gasteiger partial charge in [0, 0.05) is 37.3 Å². The van der Waals surface area contributed by atoms with Crippen LogP contribution in [0, 0.1) is 0 Å². The fourth-order valence-corrected chi connectivity index (χ4v) is 2.88. The van der Waals surface area contributed by atoms with Crippen molar-refractivity contribution >= 4 is 11.7 Å². The molecule has 0 atom stereocenters. The van der Waals surface area contributed by atoms with E-state index >= 15 is 0 Å². The van der Waals surface area contributed by atoms with Crippen molar-refractivity contribution < 1.29 is 9.90 Å². The lowest BCUT2D eigenvalue weighted by molar-refractivity contribution is -0.116. The number of nitrogens with zero attached hydrogens (tertiary/aromatic N) is 4. The fraction of sp³-hybridized carbons (Fsp3) is 0.588. The quantitative estimate of drug-likeness (QED) is 0.879.